The number of nitrogens with zero attached hydrogens (tertiary/aromatic N) is 1. The molecule has 6 heteroatoms. The van der Waals surface area contributed by atoms with Gasteiger partial charge in [-0.15, -0.1) is 0 Å². The maximum absolute atomic E-state index is 12.9. The summed E-state index contributed by atoms with van der Waals surface area (Å²) in [5, 5.41) is 0. The number of carbonyl (C=O) groups is 1. The molecule has 1 atom stereocenters. The van der Waals surface area contributed by atoms with Crippen molar-refractivity contribution in [2.24, 2.45) is 5.92 Å². The number of likely N-dealkylation sites (tertiary alicyclic amines) is 1. The number of carbonyl (C=O) groups excluding carboxylic acids is 1. The zero-order valence-corrected chi connectivity index (χ0v) is 14.7. The molecule has 23 heavy (non-hydrogen) atoms. The SMILES string of the molecule is CC(C)(C)S(=O)(=O)CC(=O)N1CCC(Cc2ccc(F)cc2)C1. The van der Waals surface area contributed by atoms with Crippen LogP contribution in [0.3, 0.4) is 0 Å². The predicted octanol–water partition coefficient (Wildman–Crippen LogP) is 2.43. The molecular weight excluding hydrogens is 317 g/mol. The van der Waals surface area contributed by atoms with Crippen molar-refractivity contribution in [2.45, 2.75) is 38.4 Å². The van der Waals surface area contributed by atoms with Gasteiger partial charge in [0.25, 0.3) is 0 Å². The minimum absolute atomic E-state index is 0.260. The van der Waals surface area contributed by atoms with Crippen LogP contribution in [0.2, 0.25) is 0 Å². The molecule has 0 radical (unpaired) electrons. The van der Waals surface area contributed by atoms with E-state index in [0.29, 0.717) is 19.0 Å². The van der Waals surface area contributed by atoms with Crippen LogP contribution in [0.25, 0.3) is 0 Å². The third-order valence-electron chi connectivity index (χ3n) is 4.32. The summed E-state index contributed by atoms with van der Waals surface area (Å²) in [6.07, 6.45) is 1.62. The monoisotopic (exact) mass is 341 g/mol. The van der Waals surface area contributed by atoms with Crippen molar-refractivity contribution in [3.63, 3.8) is 0 Å². The van der Waals surface area contributed by atoms with Crippen molar-refractivity contribution in [3.8, 4) is 0 Å². The minimum atomic E-state index is -3.45. The van der Waals surface area contributed by atoms with Gasteiger partial charge in [0.2, 0.25) is 5.91 Å². The summed E-state index contributed by atoms with van der Waals surface area (Å²) in [5.74, 6) is -0.715. The fraction of sp³-hybridized carbons (Fsp3) is 0.588. The predicted molar refractivity (Wildman–Crippen MR) is 88.3 cm³/mol. The molecule has 0 aromatic heterocycles. The maximum Gasteiger partial charge on any atom is 0.237 e. The van der Waals surface area contributed by atoms with Gasteiger partial charge in [0.1, 0.15) is 11.6 Å². The van der Waals surface area contributed by atoms with E-state index < -0.39 is 20.3 Å². The minimum Gasteiger partial charge on any atom is -0.342 e. The third-order valence-corrected chi connectivity index (χ3v) is 6.82. The Kier molecular flexibility index (Phi) is 5.14. The van der Waals surface area contributed by atoms with Crippen LogP contribution < -0.4 is 0 Å². The van der Waals surface area contributed by atoms with Gasteiger partial charge in [0, 0.05) is 13.1 Å². The highest BCUT2D eigenvalue weighted by Crippen LogP contribution is 2.23. The molecule has 1 aliphatic heterocycles. The van der Waals surface area contributed by atoms with Crippen LogP contribution >= 0.6 is 0 Å². The number of benzene rings is 1. The van der Waals surface area contributed by atoms with Crippen molar-refractivity contribution in [3.05, 3.63) is 35.6 Å². The molecule has 1 amide bonds. The largest absolute Gasteiger partial charge is 0.342 e. The van der Waals surface area contributed by atoms with E-state index in [-0.39, 0.29) is 11.7 Å². The second-order valence-electron chi connectivity index (χ2n) is 7.20. The van der Waals surface area contributed by atoms with Crippen molar-refractivity contribution in [2.75, 3.05) is 18.8 Å². The molecule has 1 unspecified atom stereocenters. The van der Waals surface area contributed by atoms with Crippen molar-refractivity contribution in [1.29, 1.82) is 0 Å². The summed E-state index contributed by atoms with van der Waals surface area (Å²) in [4.78, 5) is 13.9. The Hall–Kier alpha value is -1.43. The first-order valence-corrected chi connectivity index (χ1v) is 9.48. The molecule has 0 aliphatic carbocycles. The first-order valence-electron chi connectivity index (χ1n) is 7.83. The fourth-order valence-corrected chi connectivity index (χ4v) is 3.59. The molecule has 0 saturated carbocycles. The van der Waals surface area contributed by atoms with Crippen molar-refractivity contribution < 1.29 is 17.6 Å². The van der Waals surface area contributed by atoms with Crippen LogP contribution in [0.15, 0.2) is 24.3 Å². The lowest BCUT2D eigenvalue weighted by Gasteiger charge is -2.22. The van der Waals surface area contributed by atoms with Gasteiger partial charge in [-0.1, -0.05) is 12.1 Å². The van der Waals surface area contributed by atoms with Gasteiger partial charge in [-0.2, -0.15) is 0 Å². The summed E-state index contributed by atoms with van der Waals surface area (Å²) >= 11 is 0. The summed E-state index contributed by atoms with van der Waals surface area (Å²) < 4.78 is 36.3. The highest BCUT2D eigenvalue weighted by atomic mass is 32.2. The second-order valence-corrected chi connectivity index (χ2v) is 9.94. The third kappa shape index (κ3) is 4.53. The van der Waals surface area contributed by atoms with Gasteiger partial charge in [-0.3, -0.25) is 4.79 Å². The highest BCUT2D eigenvalue weighted by molar-refractivity contribution is 7.93. The van der Waals surface area contributed by atoms with Crippen LogP contribution in [0, 0.1) is 11.7 Å². The quantitative estimate of drug-likeness (QED) is 0.845. The summed E-state index contributed by atoms with van der Waals surface area (Å²) in [6, 6.07) is 6.37. The lowest BCUT2D eigenvalue weighted by molar-refractivity contribution is -0.127. The lowest BCUT2D eigenvalue weighted by atomic mass is 9.99. The topological polar surface area (TPSA) is 54.5 Å². The standard InChI is InChI=1S/C17H24FNO3S/c1-17(2,3)23(21,22)12-16(20)19-9-8-14(11-19)10-13-4-6-15(18)7-5-13/h4-7,14H,8-12H2,1-3H3. The van der Waals surface area contributed by atoms with Crippen LogP contribution in [-0.2, 0) is 21.1 Å². The second kappa shape index (κ2) is 6.59. The smallest absolute Gasteiger partial charge is 0.237 e. The summed E-state index contributed by atoms with van der Waals surface area (Å²) in [5.41, 5.74) is 1.04. The Morgan fingerprint density at radius 3 is 2.43 bits per heavy atom. The molecule has 1 aliphatic rings. The first-order chi connectivity index (χ1) is 10.6. The van der Waals surface area contributed by atoms with E-state index >= 15 is 0 Å². The Balaban J connectivity index is 1.92. The summed E-state index contributed by atoms with van der Waals surface area (Å²) in [7, 11) is -3.45. The Bertz CT molecular complexity index is 662. The van der Waals surface area contributed by atoms with E-state index in [1.165, 1.54) is 12.1 Å². The van der Waals surface area contributed by atoms with Crippen LogP contribution in [-0.4, -0.2) is 42.8 Å². The molecule has 0 N–H and O–H groups in total. The normalized spacial score (nSPS) is 19.1. The van der Waals surface area contributed by atoms with Crippen molar-refractivity contribution >= 4 is 15.7 Å². The number of halogens is 1. The molecule has 1 aromatic rings. The molecule has 0 bridgehead atoms. The molecule has 1 heterocycles. The molecule has 2 rings (SSSR count). The molecule has 1 aromatic carbocycles. The highest BCUT2D eigenvalue weighted by Gasteiger charge is 2.34. The van der Waals surface area contributed by atoms with Gasteiger partial charge in [0.05, 0.1) is 4.75 Å². The number of rotatable bonds is 4. The van der Waals surface area contributed by atoms with Gasteiger partial charge in [-0.05, 0) is 57.2 Å². The number of hydrogen-bond donors (Lipinski definition) is 0. The number of hydrogen-bond acceptors (Lipinski definition) is 3. The average Bonchev–Trinajstić information content (AvgIpc) is 2.88. The number of amides is 1. The van der Waals surface area contributed by atoms with E-state index in [2.05, 4.69) is 0 Å². The van der Waals surface area contributed by atoms with Gasteiger partial charge in [-0.25, -0.2) is 12.8 Å². The molecule has 4 nitrogen and oxygen atoms in total. The van der Waals surface area contributed by atoms with Crippen LogP contribution in [0.5, 0.6) is 0 Å². The molecule has 1 saturated heterocycles. The van der Waals surface area contributed by atoms with E-state index in [0.717, 1.165) is 18.4 Å². The molecule has 1 fully saturated rings. The van der Waals surface area contributed by atoms with Crippen LogP contribution in [0.4, 0.5) is 4.39 Å². The van der Waals surface area contributed by atoms with E-state index in [4.69, 9.17) is 0 Å². The zero-order chi connectivity index (χ0) is 17.3. The van der Waals surface area contributed by atoms with Crippen LogP contribution in [0.1, 0.15) is 32.8 Å². The Morgan fingerprint density at radius 2 is 1.87 bits per heavy atom. The van der Waals surface area contributed by atoms with E-state index in [1.54, 1.807) is 37.8 Å². The van der Waals surface area contributed by atoms with Gasteiger partial charge in [0.15, 0.2) is 9.84 Å². The average molecular weight is 341 g/mol. The first kappa shape index (κ1) is 17.9. The zero-order valence-electron chi connectivity index (χ0n) is 13.9. The van der Waals surface area contributed by atoms with Crippen molar-refractivity contribution in [1.82, 2.24) is 4.90 Å². The Morgan fingerprint density at radius 1 is 1.26 bits per heavy atom. The fourth-order valence-electron chi connectivity index (χ4n) is 2.65. The van der Waals surface area contributed by atoms with E-state index in [1.807, 2.05) is 0 Å². The number of sulfone groups is 1. The summed E-state index contributed by atoms with van der Waals surface area (Å²) in [6.45, 7) is 5.98. The van der Waals surface area contributed by atoms with E-state index in [9.17, 15) is 17.6 Å². The van der Waals surface area contributed by atoms with Gasteiger partial charge >= 0.3 is 0 Å². The molecule has 0 spiro atoms. The molecule has 128 valence electrons. The lowest BCUT2D eigenvalue weighted by Crippen LogP contribution is -2.40. The van der Waals surface area contributed by atoms with Gasteiger partial charge < -0.3 is 4.90 Å². The maximum atomic E-state index is 12.9. The Labute approximate surface area is 137 Å². The molecular formula is C17H24FNO3S.